The van der Waals surface area contributed by atoms with Crippen molar-refractivity contribution >= 4 is 11.8 Å². The first-order valence-electron chi connectivity index (χ1n) is 10.7. The number of fused-ring (bicyclic) bond motifs is 1. The van der Waals surface area contributed by atoms with Crippen molar-refractivity contribution in [3.8, 4) is 0 Å². The van der Waals surface area contributed by atoms with Gasteiger partial charge in [-0.05, 0) is 58.0 Å². The summed E-state index contributed by atoms with van der Waals surface area (Å²) in [5.74, 6) is 0.399. The Morgan fingerprint density at radius 2 is 1.88 bits per heavy atom. The molecule has 2 aliphatic heterocycles. The van der Waals surface area contributed by atoms with Crippen LogP contribution in [0.5, 0.6) is 0 Å². The van der Waals surface area contributed by atoms with Crippen LogP contribution >= 0.6 is 0 Å². The predicted octanol–water partition coefficient (Wildman–Crippen LogP) is 2.82. The zero-order valence-corrected chi connectivity index (χ0v) is 16.0. The maximum absolute atomic E-state index is 13.2. The van der Waals surface area contributed by atoms with E-state index in [4.69, 9.17) is 0 Å². The lowest BCUT2D eigenvalue weighted by Crippen LogP contribution is -2.53. The van der Waals surface area contributed by atoms with Gasteiger partial charge in [-0.3, -0.25) is 9.59 Å². The van der Waals surface area contributed by atoms with Crippen molar-refractivity contribution in [1.82, 2.24) is 15.1 Å². The van der Waals surface area contributed by atoms with Gasteiger partial charge in [0.1, 0.15) is 0 Å². The Balaban J connectivity index is 1.41. The van der Waals surface area contributed by atoms with E-state index in [0.717, 1.165) is 57.6 Å². The zero-order chi connectivity index (χ0) is 18.0. The first-order chi connectivity index (χ1) is 12.7. The van der Waals surface area contributed by atoms with Crippen molar-refractivity contribution in [1.29, 1.82) is 0 Å². The normalized spacial score (nSPS) is 30.4. The van der Waals surface area contributed by atoms with Gasteiger partial charge >= 0.3 is 0 Å². The third-order valence-corrected chi connectivity index (χ3v) is 6.98. The second-order valence-corrected chi connectivity index (χ2v) is 8.57. The van der Waals surface area contributed by atoms with Crippen molar-refractivity contribution < 1.29 is 9.59 Å². The smallest absolute Gasteiger partial charge is 0.232 e. The second kappa shape index (κ2) is 7.71. The van der Waals surface area contributed by atoms with E-state index in [9.17, 15) is 9.59 Å². The van der Waals surface area contributed by atoms with Crippen LogP contribution in [0.3, 0.4) is 0 Å². The fraction of sp³-hybridized carbons (Fsp3) is 0.810. The molecule has 4 aliphatic rings. The van der Waals surface area contributed by atoms with E-state index in [1.165, 1.54) is 32.1 Å². The maximum Gasteiger partial charge on any atom is 0.232 e. The van der Waals surface area contributed by atoms with Crippen LogP contribution in [0.1, 0.15) is 70.6 Å². The number of amides is 2. The van der Waals surface area contributed by atoms with Crippen molar-refractivity contribution in [2.45, 2.75) is 76.7 Å². The summed E-state index contributed by atoms with van der Waals surface area (Å²) in [7, 11) is 0. The fourth-order valence-electron chi connectivity index (χ4n) is 5.52. The average molecular weight is 360 g/mol. The third kappa shape index (κ3) is 3.30. The Morgan fingerprint density at radius 1 is 1.12 bits per heavy atom. The highest BCUT2D eigenvalue weighted by molar-refractivity contribution is 5.91. The largest absolute Gasteiger partial charge is 0.354 e. The van der Waals surface area contributed by atoms with E-state index in [0.29, 0.717) is 18.9 Å². The van der Waals surface area contributed by atoms with Crippen LogP contribution in [0.25, 0.3) is 0 Å². The predicted molar refractivity (Wildman–Crippen MR) is 101 cm³/mol. The van der Waals surface area contributed by atoms with Gasteiger partial charge in [0.25, 0.3) is 0 Å². The molecule has 2 aliphatic carbocycles. The standard InChI is InChI=1S/C21H33N3O2/c25-19-10-12-21(20(26)22-13-16-23-14-4-1-5-15-23)11-6-9-18(21)24(19)17-7-2-3-8-17/h9,17H,1-8,10-16H2,(H,22,26). The minimum atomic E-state index is -0.446. The molecule has 0 aromatic rings. The summed E-state index contributed by atoms with van der Waals surface area (Å²) in [6.07, 6.45) is 13.7. The molecule has 26 heavy (non-hydrogen) atoms. The summed E-state index contributed by atoms with van der Waals surface area (Å²) in [6.45, 7) is 4.00. The van der Waals surface area contributed by atoms with Gasteiger partial charge < -0.3 is 15.1 Å². The Labute approximate surface area is 157 Å². The molecule has 0 aromatic carbocycles. The van der Waals surface area contributed by atoms with Gasteiger partial charge in [-0.2, -0.15) is 0 Å². The van der Waals surface area contributed by atoms with Crippen molar-refractivity contribution in [2.75, 3.05) is 26.2 Å². The zero-order valence-electron chi connectivity index (χ0n) is 16.0. The molecule has 0 bridgehead atoms. The number of carbonyl (C=O) groups excluding carboxylic acids is 2. The molecule has 1 unspecified atom stereocenters. The molecular formula is C21H33N3O2. The van der Waals surface area contributed by atoms with Crippen LogP contribution in [-0.4, -0.2) is 53.8 Å². The Kier molecular flexibility index (Phi) is 5.35. The lowest BCUT2D eigenvalue weighted by Gasteiger charge is -2.44. The molecule has 1 N–H and O–H groups in total. The molecule has 0 aromatic heterocycles. The molecule has 0 spiro atoms. The number of carbonyl (C=O) groups is 2. The molecule has 1 atom stereocenters. The molecule has 2 amide bonds. The van der Waals surface area contributed by atoms with Crippen LogP contribution in [0, 0.1) is 5.41 Å². The number of rotatable bonds is 5. The minimum Gasteiger partial charge on any atom is -0.354 e. The highest BCUT2D eigenvalue weighted by Crippen LogP contribution is 2.50. The van der Waals surface area contributed by atoms with Gasteiger partial charge in [0, 0.05) is 31.2 Å². The quantitative estimate of drug-likeness (QED) is 0.821. The Morgan fingerprint density at radius 3 is 2.65 bits per heavy atom. The van der Waals surface area contributed by atoms with Crippen LogP contribution in [-0.2, 0) is 9.59 Å². The van der Waals surface area contributed by atoms with E-state index in [2.05, 4.69) is 16.3 Å². The topological polar surface area (TPSA) is 52.7 Å². The summed E-state index contributed by atoms with van der Waals surface area (Å²) in [6, 6.07) is 0.327. The second-order valence-electron chi connectivity index (χ2n) is 8.57. The van der Waals surface area contributed by atoms with E-state index in [-0.39, 0.29) is 11.8 Å². The van der Waals surface area contributed by atoms with Gasteiger partial charge in [-0.25, -0.2) is 0 Å². The lowest BCUT2D eigenvalue weighted by molar-refractivity contribution is -0.141. The van der Waals surface area contributed by atoms with Gasteiger partial charge in [-0.15, -0.1) is 0 Å². The number of allylic oxidation sites excluding steroid dienone is 1. The van der Waals surface area contributed by atoms with E-state index >= 15 is 0 Å². The van der Waals surface area contributed by atoms with Crippen LogP contribution in [0.2, 0.25) is 0 Å². The van der Waals surface area contributed by atoms with E-state index < -0.39 is 5.41 Å². The number of nitrogens with zero attached hydrogens (tertiary/aromatic N) is 2. The Bertz CT molecular complexity index is 576. The molecule has 2 heterocycles. The number of hydrogen-bond acceptors (Lipinski definition) is 3. The number of likely N-dealkylation sites (tertiary alicyclic amines) is 2. The van der Waals surface area contributed by atoms with Crippen molar-refractivity contribution in [3.05, 3.63) is 11.8 Å². The minimum absolute atomic E-state index is 0.161. The first kappa shape index (κ1) is 18.0. The molecule has 2 saturated heterocycles. The SMILES string of the molecule is O=C1CCC2(C(=O)NCCN3CCCCC3)CCC=C2N1C1CCCC1. The highest BCUT2D eigenvalue weighted by atomic mass is 16.2. The number of nitrogens with one attached hydrogen (secondary N) is 1. The fourth-order valence-corrected chi connectivity index (χ4v) is 5.52. The summed E-state index contributed by atoms with van der Waals surface area (Å²) in [4.78, 5) is 30.4. The maximum atomic E-state index is 13.2. The van der Waals surface area contributed by atoms with Crippen LogP contribution in [0.15, 0.2) is 11.8 Å². The monoisotopic (exact) mass is 359 g/mol. The summed E-state index contributed by atoms with van der Waals surface area (Å²) >= 11 is 0. The van der Waals surface area contributed by atoms with Gasteiger partial charge in [0.2, 0.25) is 11.8 Å². The lowest BCUT2D eigenvalue weighted by atomic mass is 9.75. The van der Waals surface area contributed by atoms with Gasteiger partial charge in [0.15, 0.2) is 0 Å². The summed E-state index contributed by atoms with van der Waals surface area (Å²) in [5.41, 5.74) is 0.592. The Hall–Kier alpha value is -1.36. The molecule has 3 fully saturated rings. The third-order valence-electron chi connectivity index (χ3n) is 6.98. The average Bonchev–Trinajstić information content (AvgIpc) is 3.33. The highest BCUT2D eigenvalue weighted by Gasteiger charge is 2.52. The summed E-state index contributed by atoms with van der Waals surface area (Å²) in [5, 5.41) is 3.23. The van der Waals surface area contributed by atoms with E-state index in [1.54, 1.807) is 0 Å². The summed E-state index contributed by atoms with van der Waals surface area (Å²) < 4.78 is 0. The molecule has 4 rings (SSSR count). The molecular weight excluding hydrogens is 326 g/mol. The van der Waals surface area contributed by atoms with E-state index in [1.807, 2.05) is 4.90 Å². The molecule has 144 valence electrons. The van der Waals surface area contributed by atoms with Gasteiger partial charge in [0.05, 0.1) is 5.41 Å². The molecule has 0 radical (unpaired) electrons. The first-order valence-corrected chi connectivity index (χ1v) is 10.7. The van der Waals surface area contributed by atoms with Gasteiger partial charge in [-0.1, -0.05) is 25.3 Å². The molecule has 5 heteroatoms. The van der Waals surface area contributed by atoms with Crippen LogP contribution in [0.4, 0.5) is 0 Å². The molecule has 5 nitrogen and oxygen atoms in total. The van der Waals surface area contributed by atoms with Crippen molar-refractivity contribution in [3.63, 3.8) is 0 Å². The number of piperidine rings is 2. The number of hydrogen-bond donors (Lipinski definition) is 1. The van der Waals surface area contributed by atoms with Crippen molar-refractivity contribution in [2.24, 2.45) is 5.41 Å². The molecule has 1 saturated carbocycles. The van der Waals surface area contributed by atoms with Crippen LogP contribution < -0.4 is 5.32 Å².